The van der Waals surface area contributed by atoms with E-state index in [2.05, 4.69) is 15.0 Å². The van der Waals surface area contributed by atoms with Crippen molar-refractivity contribution in [2.45, 2.75) is 13.8 Å². The van der Waals surface area contributed by atoms with E-state index in [-0.39, 0.29) is 34.2 Å². The van der Waals surface area contributed by atoms with Crippen LogP contribution in [0.25, 0.3) is 11.1 Å². The van der Waals surface area contributed by atoms with Crippen LogP contribution in [0.5, 0.6) is 11.5 Å². The van der Waals surface area contributed by atoms with Crippen LogP contribution in [0.15, 0.2) is 47.3 Å². The molecule has 0 unspecified atom stereocenters. The van der Waals surface area contributed by atoms with E-state index in [9.17, 15) is 22.0 Å². The lowest BCUT2D eigenvalue weighted by atomic mass is 10.0. The monoisotopic (exact) mass is 449 g/mol. The highest BCUT2D eigenvalue weighted by Crippen LogP contribution is 2.38. The maximum atomic E-state index is 14.2. The number of halogens is 2. The summed E-state index contributed by atoms with van der Waals surface area (Å²) in [4.78, 5) is 14.8. The summed E-state index contributed by atoms with van der Waals surface area (Å²) >= 11 is 0. The SMILES string of the molecule is CCS(=O)(=O)Nc1ccc(Oc2ccc(F)cc2F)c(-c2cc(NC)c(=O)[nH]c2C)c1. The lowest BCUT2D eigenvalue weighted by molar-refractivity contribution is 0.439. The molecule has 0 amide bonds. The Balaban J connectivity index is 2.18. The predicted octanol–water partition coefficient (Wildman–Crippen LogP) is 4.22. The zero-order chi connectivity index (χ0) is 22.8. The van der Waals surface area contributed by atoms with Crippen LogP contribution in [0.4, 0.5) is 20.2 Å². The molecule has 1 heterocycles. The Morgan fingerprint density at radius 1 is 1.03 bits per heavy atom. The van der Waals surface area contributed by atoms with Gasteiger partial charge in [-0.1, -0.05) is 0 Å². The van der Waals surface area contributed by atoms with Crippen molar-refractivity contribution in [2.24, 2.45) is 0 Å². The molecule has 7 nitrogen and oxygen atoms in total. The Hall–Kier alpha value is -3.40. The number of hydrogen-bond acceptors (Lipinski definition) is 5. The highest BCUT2D eigenvalue weighted by Gasteiger charge is 2.17. The minimum atomic E-state index is -3.55. The molecule has 3 rings (SSSR count). The Morgan fingerprint density at radius 2 is 1.74 bits per heavy atom. The van der Waals surface area contributed by atoms with E-state index in [1.165, 1.54) is 25.1 Å². The van der Waals surface area contributed by atoms with Gasteiger partial charge in [-0.25, -0.2) is 17.2 Å². The Labute approximate surface area is 178 Å². The third-order valence-corrected chi connectivity index (χ3v) is 5.85. The Kier molecular flexibility index (Phi) is 6.30. The first-order valence-electron chi connectivity index (χ1n) is 9.33. The number of aromatic nitrogens is 1. The van der Waals surface area contributed by atoms with Crippen molar-refractivity contribution < 1.29 is 21.9 Å². The molecule has 0 aliphatic carbocycles. The molecule has 0 radical (unpaired) electrons. The largest absolute Gasteiger partial charge is 0.454 e. The van der Waals surface area contributed by atoms with E-state index >= 15 is 0 Å². The number of H-pyrrole nitrogens is 1. The quantitative estimate of drug-likeness (QED) is 0.501. The second kappa shape index (κ2) is 8.76. The maximum Gasteiger partial charge on any atom is 0.271 e. The van der Waals surface area contributed by atoms with Gasteiger partial charge in [0, 0.05) is 35.6 Å². The van der Waals surface area contributed by atoms with Gasteiger partial charge in [0.05, 0.1) is 5.75 Å². The predicted molar refractivity (Wildman–Crippen MR) is 116 cm³/mol. The summed E-state index contributed by atoms with van der Waals surface area (Å²) in [6.07, 6.45) is 0. The van der Waals surface area contributed by atoms with Gasteiger partial charge in [0.2, 0.25) is 10.0 Å². The zero-order valence-corrected chi connectivity index (χ0v) is 17.9. The lowest BCUT2D eigenvalue weighted by Gasteiger charge is -2.16. The third kappa shape index (κ3) is 5.02. The topological polar surface area (TPSA) is 100 Å². The molecule has 0 aliphatic rings. The molecule has 0 aliphatic heterocycles. The number of nitrogens with one attached hydrogen (secondary N) is 3. The Bertz CT molecular complexity index is 1290. The fourth-order valence-electron chi connectivity index (χ4n) is 2.91. The minimum absolute atomic E-state index is 0.122. The average Bonchev–Trinajstić information content (AvgIpc) is 2.71. The standard InChI is InChI=1S/C21H21F2N3O4S/c1-4-31(28,29)26-14-6-8-19(30-20-7-5-13(22)9-17(20)23)16(10-14)15-11-18(24-3)21(27)25-12(15)2/h5-11,24,26H,4H2,1-3H3,(H,25,27). The lowest BCUT2D eigenvalue weighted by Crippen LogP contribution is -2.15. The molecule has 10 heteroatoms. The normalized spacial score (nSPS) is 11.3. The molecule has 164 valence electrons. The first-order chi connectivity index (χ1) is 14.6. The first-order valence-corrected chi connectivity index (χ1v) is 11.0. The van der Waals surface area contributed by atoms with E-state index in [0.29, 0.717) is 22.9 Å². The van der Waals surface area contributed by atoms with E-state index in [1.807, 2.05) is 0 Å². The molecular formula is C21H21F2N3O4S. The fraction of sp³-hybridized carbons (Fsp3) is 0.190. The van der Waals surface area contributed by atoms with Crippen molar-refractivity contribution in [1.29, 1.82) is 0 Å². The molecule has 0 spiro atoms. The summed E-state index contributed by atoms with van der Waals surface area (Å²) in [5.74, 6) is -1.79. The van der Waals surface area contributed by atoms with Crippen LogP contribution in [0.1, 0.15) is 12.6 Å². The maximum absolute atomic E-state index is 14.2. The van der Waals surface area contributed by atoms with E-state index in [0.717, 1.165) is 12.1 Å². The molecule has 0 bridgehead atoms. The van der Waals surface area contributed by atoms with E-state index in [4.69, 9.17) is 4.74 Å². The summed E-state index contributed by atoms with van der Waals surface area (Å²) in [5.41, 5.74) is 1.62. The molecule has 0 saturated heterocycles. The highest BCUT2D eigenvalue weighted by atomic mass is 32.2. The fourth-order valence-corrected chi connectivity index (χ4v) is 3.54. The molecule has 3 N–H and O–H groups in total. The molecule has 31 heavy (non-hydrogen) atoms. The van der Waals surface area contributed by atoms with Crippen molar-refractivity contribution >= 4 is 21.4 Å². The minimum Gasteiger partial charge on any atom is -0.454 e. The van der Waals surface area contributed by atoms with Crippen LogP contribution < -0.4 is 20.3 Å². The second-order valence-electron chi connectivity index (χ2n) is 6.69. The molecule has 2 aromatic carbocycles. The Morgan fingerprint density at radius 3 is 2.39 bits per heavy atom. The molecule has 3 aromatic rings. The summed E-state index contributed by atoms with van der Waals surface area (Å²) in [6.45, 7) is 3.17. The summed E-state index contributed by atoms with van der Waals surface area (Å²) in [5, 5.41) is 2.78. The van der Waals surface area contributed by atoms with Crippen molar-refractivity contribution in [1.82, 2.24) is 4.98 Å². The van der Waals surface area contributed by atoms with Gasteiger partial charge in [0.15, 0.2) is 11.6 Å². The number of aryl methyl sites for hydroxylation is 1. The van der Waals surface area contributed by atoms with Gasteiger partial charge in [-0.2, -0.15) is 0 Å². The van der Waals surface area contributed by atoms with Crippen molar-refractivity contribution in [3.05, 3.63) is 70.1 Å². The summed E-state index contributed by atoms with van der Waals surface area (Å²) < 4.78 is 59.5. The number of hydrogen-bond donors (Lipinski definition) is 3. The van der Waals surface area contributed by atoms with Gasteiger partial charge in [-0.3, -0.25) is 9.52 Å². The molecule has 0 saturated carbocycles. The molecule has 0 fully saturated rings. The van der Waals surface area contributed by atoms with Crippen LogP contribution in [-0.2, 0) is 10.0 Å². The smallest absolute Gasteiger partial charge is 0.271 e. The van der Waals surface area contributed by atoms with Crippen molar-refractivity contribution in [3.63, 3.8) is 0 Å². The number of pyridine rings is 1. The summed E-state index contributed by atoms with van der Waals surface area (Å²) in [7, 11) is -1.96. The van der Waals surface area contributed by atoms with E-state index in [1.54, 1.807) is 20.0 Å². The van der Waals surface area contributed by atoms with Crippen LogP contribution in [-0.4, -0.2) is 26.2 Å². The number of ether oxygens (including phenoxy) is 1. The molecule has 0 atom stereocenters. The number of anilines is 2. The van der Waals surface area contributed by atoms with Gasteiger partial charge >= 0.3 is 0 Å². The van der Waals surface area contributed by atoms with Gasteiger partial charge in [0.25, 0.3) is 5.56 Å². The van der Waals surface area contributed by atoms with E-state index < -0.39 is 21.7 Å². The van der Waals surface area contributed by atoms with Crippen molar-refractivity contribution in [3.8, 4) is 22.6 Å². The zero-order valence-electron chi connectivity index (χ0n) is 17.0. The van der Waals surface area contributed by atoms with Crippen LogP contribution >= 0.6 is 0 Å². The van der Waals surface area contributed by atoms with Gasteiger partial charge in [-0.05, 0) is 50.2 Å². The third-order valence-electron chi connectivity index (χ3n) is 4.54. The molecular weight excluding hydrogens is 428 g/mol. The highest BCUT2D eigenvalue weighted by molar-refractivity contribution is 7.92. The van der Waals surface area contributed by atoms with Crippen LogP contribution in [0, 0.1) is 18.6 Å². The number of sulfonamides is 1. The number of aromatic amines is 1. The second-order valence-corrected chi connectivity index (χ2v) is 8.71. The molecule has 1 aromatic heterocycles. The van der Waals surface area contributed by atoms with Gasteiger partial charge in [0.1, 0.15) is 17.3 Å². The van der Waals surface area contributed by atoms with Gasteiger partial charge in [-0.15, -0.1) is 0 Å². The van der Waals surface area contributed by atoms with Gasteiger partial charge < -0.3 is 15.0 Å². The average molecular weight is 449 g/mol. The first kappa shape index (κ1) is 22.3. The summed E-state index contributed by atoms with van der Waals surface area (Å²) in [6, 6.07) is 8.94. The van der Waals surface area contributed by atoms with Crippen LogP contribution in [0.3, 0.4) is 0 Å². The van der Waals surface area contributed by atoms with Crippen LogP contribution in [0.2, 0.25) is 0 Å². The number of rotatable bonds is 7. The number of benzene rings is 2. The van der Waals surface area contributed by atoms with Crippen molar-refractivity contribution in [2.75, 3.05) is 22.8 Å².